The first-order chi connectivity index (χ1) is 18.0. The average Bonchev–Trinajstić information content (AvgIpc) is 3.59. The van der Waals surface area contributed by atoms with Crippen LogP contribution in [0.2, 0.25) is 5.02 Å². The van der Waals surface area contributed by atoms with Crippen LogP contribution in [-0.2, 0) is 0 Å². The maximum Gasteiger partial charge on any atom is 0.277 e. The van der Waals surface area contributed by atoms with Gasteiger partial charge in [0.05, 0.1) is 6.10 Å². The Morgan fingerprint density at radius 1 is 1.05 bits per heavy atom. The lowest BCUT2D eigenvalue weighted by molar-refractivity contribution is 0.101. The number of nitrogens with one attached hydrogen (secondary N) is 2. The van der Waals surface area contributed by atoms with E-state index >= 15 is 0 Å². The molecular weight excluding hydrogens is 494 g/mol. The summed E-state index contributed by atoms with van der Waals surface area (Å²) in [6, 6.07) is 17.7. The molecule has 1 amide bonds. The van der Waals surface area contributed by atoms with Gasteiger partial charge < -0.3 is 20.3 Å². The summed E-state index contributed by atoms with van der Waals surface area (Å²) in [5.41, 5.74) is 2.35. The summed E-state index contributed by atoms with van der Waals surface area (Å²) in [6.07, 6.45) is 4.59. The lowest BCUT2D eigenvalue weighted by Gasteiger charge is -2.11. The third kappa shape index (κ3) is 5.66. The van der Waals surface area contributed by atoms with E-state index in [2.05, 4.69) is 30.7 Å². The highest BCUT2D eigenvalue weighted by Crippen LogP contribution is 2.25. The molecule has 3 N–H and O–H groups in total. The van der Waals surface area contributed by atoms with Crippen molar-refractivity contribution in [2.24, 2.45) is 0 Å². The highest BCUT2D eigenvalue weighted by Gasteiger charge is 2.15. The molecule has 0 aliphatic heterocycles. The van der Waals surface area contributed by atoms with Gasteiger partial charge in [-0.1, -0.05) is 16.8 Å². The Bertz CT molecular complexity index is 1510. The van der Waals surface area contributed by atoms with Crippen LogP contribution in [0.5, 0.6) is 0 Å². The Morgan fingerprint density at radius 3 is 2.57 bits per heavy atom. The van der Waals surface area contributed by atoms with Crippen molar-refractivity contribution in [2.45, 2.75) is 13.0 Å². The van der Waals surface area contributed by atoms with E-state index in [0.717, 1.165) is 11.1 Å². The lowest BCUT2D eigenvalue weighted by Crippen LogP contribution is -2.17. The molecule has 37 heavy (non-hydrogen) atoms. The number of aromatic nitrogens is 5. The number of hydrogen-bond acceptors (Lipinski definition) is 8. The fourth-order valence-electron chi connectivity index (χ4n) is 3.54. The van der Waals surface area contributed by atoms with Crippen LogP contribution in [0.15, 0.2) is 83.8 Å². The molecule has 0 saturated heterocycles. The normalized spacial score (nSPS) is 11.8. The van der Waals surface area contributed by atoms with E-state index in [1.165, 1.54) is 0 Å². The molecule has 3 heterocycles. The SMILES string of the molecule is CC(O)CNc1nccc(-n2ccnc2-c2ccc(NC(=O)c3cc(-c4ccc(Cl)cc4)on3)cc2)n1. The first-order valence-corrected chi connectivity index (χ1v) is 11.8. The summed E-state index contributed by atoms with van der Waals surface area (Å²) >= 11 is 5.92. The molecule has 11 heteroatoms. The smallest absolute Gasteiger partial charge is 0.277 e. The monoisotopic (exact) mass is 515 g/mol. The molecule has 0 aliphatic carbocycles. The topological polar surface area (TPSA) is 131 Å². The molecule has 5 rings (SSSR count). The zero-order chi connectivity index (χ0) is 25.8. The predicted molar refractivity (Wildman–Crippen MR) is 140 cm³/mol. The van der Waals surface area contributed by atoms with E-state index in [4.69, 9.17) is 16.1 Å². The third-order valence-electron chi connectivity index (χ3n) is 5.36. The standard InChI is InChI=1S/C26H22ClN7O3/c1-16(35)15-30-26-29-11-10-23(32-26)34-13-12-28-24(34)18-4-8-20(9-5-18)31-25(36)21-14-22(37-33-21)17-2-6-19(27)7-3-17/h2-14,16,35H,15H2,1H3,(H,31,36)(H,29,30,32). The van der Waals surface area contributed by atoms with E-state index in [9.17, 15) is 9.90 Å². The number of carbonyl (C=O) groups is 1. The van der Waals surface area contributed by atoms with Crippen molar-refractivity contribution in [3.63, 3.8) is 0 Å². The molecule has 0 fully saturated rings. The van der Waals surface area contributed by atoms with Crippen molar-refractivity contribution in [3.8, 4) is 28.5 Å². The van der Waals surface area contributed by atoms with Crippen LogP contribution in [0.4, 0.5) is 11.6 Å². The second-order valence-corrected chi connectivity index (χ2v) is 8.64. The van der Waals surface area contributed by atoms with Crippen molar-refractivity contribution in [3.05, 3.63) is 90.0 Å². The van der Waals surface area contributed by atoms with Gasteiger partial charge >= 0.3 is 0 Å². The molecule has 3 aromatic heterocycles. The summed E-state index contributed by atoms with van der Waals surface area (Å²) < 4.78 is 7.15. The summed E-state index contributed by atoms with van der Waals surface area (Å²) in [4.78, 5) is 25.8. The third-order valence-corrected chi connectivity index (χ3v) is 5.61. The van der Waals surface area contributed by atoms with E-state index in [-0.39, 0.29) is 5.69 Å². The lowest BCUT2D eigenvalue weighted by atomic mass is 10.1. The molecule has 5 aromatic rings. The number of nitrogens with zero attached hydrogens (tertiary/aromatic N) is 5. The minimum absolute atomic E-state index is 0.160. The maximum absolute atomic E-state index is 12.7. The van der Waals surface area contributed by atoms with Gasteiger partial charge in [-0.05, 0) is 61.5 Å². The number of aliphatic hydroxyl groups is 1. The van der Waals surface area contributed by atoms with Gasteiger partial charge in [-0.15, -0.1) is 0 Å². The number of hydrogen-bond donors (Lipinski definition) is 3. The second-order valence-electron chi connectivity index (χ2n) is 8.20. The number of anilines is 2. The van der Waals surface area contributed by atoms with Crippen LogP contribution in [0, 0.1) is 0 Å². The molecule has 10 nitrogen and oxygen atoms in total. The molecule has 0 bridgehead atoms. The van der Waals surface area contributed by atoms with Crippen LogP contribution in [0.3, 0.4) is 0 Å². The molecule has 0 aliphatic rings. The fourth-order valence-corrected chi connectivity index (χ4v) is 3.67. The van der Waals surface area contributed by atoms with Gasteiger partial charge in [0, 0.05) is 53.0 Å². The van der Waals surface area contributed by atoms with Crippen molar-refractivity contribution in [2.75, 3.05) is 17.2 Å². The number of aliphatic hydroxyl groups excluding tert-OH is 1. The van der Waals surface area contributed by atoms with E-state index in [0.29, 0.717) is 40.6 Å². The quantitative estimate of drug-likeness (QED) is 0.271. The number of carbonyl (C=O) groups excluding carboxylic acids is 1. The molecule has 1 unspecified atom stereocenters. The maximum atomic E-state index is 12.7. The Balaban J connectivity index is 1.29. The summed E-state index contributed by atoms with van der Waals surface area (Å²) in [5.74, 6) is 1.77. The van der Waals surface area contributed by atoms with Gasteiger partial charge in [-0.2, -0.15) is 4.98 Å². The molecule has 1 atom stereocenters. The zero-order valence-corrected chi connectivity index (χ0v) is 20.4. The zero-order valence-electron chi connectivity index (χ0n) is 19.7. The number of amides is 1. The second kappa shape index (κ2) is 10.6. The Labute approximate surface area is 217 Å². The molecular formula is C26H22ClN7O3. The van der Waals surface area contributed by atoms with Gasteiger partial charge in [-0.3, -0.25) is 9.36 Å². The van der Waals surface area contributed by atoms with Crippen LogP contribution in [-0.4, -0.2) is 48.3 Å². The van der Waals surface area contributed by atoms with Crippen molar-refractivity contribution >= 4 is 29.1 Å². The van der Waals surface area contributed by atoms with Crippen molar-refractivity contribution < 1.29 is 14.4 Å². The molecule has 0 saturated carbocycles. The highest BCUT2D eigenvalue weighted by atomic mass is 35.5. The van der Waals surface area contributed by atoms with Crippen molar-refractivity contribution in [1.29, 1.82) is 0 Å². The van der Waals surface area contributed by atoms with Crippen LogP contribution in [0.25, 0.3) is 28.5 Å². The van der Waals surface area contributed by atoms with E-state index in [1.54, 1.807) is 74.0 Å². The minimum atomic E-state index is -0.523. The summed E-state index contributed by atoms with van der Waals surface area (Å²) in [6.45, 7) is 2.02. The number of imidazole rings is 1. The molecule has 2 aromatic carbocycles. The number of rotatable bonds is 8. The van der Waals surface area contributed by atoms with Crippen LogP contribution < -0.4 is 10.6 Å². The van der Waals surface area contributed by atoms with Gasteiger partial charge in [0.25, 0.3) is 5.91 Å². The number of halogens is 1. The summed E-state index contributed by atoms with van der Waals surface area (Å²) in [5, 5.41) is 19.8. The molecule has 0 spiro atoms. The van der Waals surface area contributed by atoms with Crippen molar-refractivity contribution in [1.82, 2.24) is 24.7 Å². The van der Waals surface area contributed by atoms with E-state index in [1.807, 2.05) is 16.7 Å². The van der Waals surface area contributed by atoms with Gasteiger partial charge in [0.2, 0.25) is 5.95 Å². The highest BCUT2D eigenvalue weighted by molar-refractivity contribution is 6.30. The van der Waals surface area contributed by atoms with Gasteiger partial charge in [0.1, 0.15) is 11.6 Å². The Morgan fingerprint density at radius 2 is 1.81 bits per heavy atom. The van der Waals surface area contributed by atoms with Gasteiger partial charge in [0.15, 0.2) is 11.5 Å². The fraction of sp³-hybridized carbons (Fsp3) is 0.115. The summed E-state index contributed by atoms with van der Waals surface area (Å²) in [7, 11) is 0. The Hall–Kier alpha value is -4.54. The number of benzene rings is 2. The van der Waals surface area contributed by atoms with E-state index < -0.39 is 12.0 Å². The Kier molecular flexibility index (Phi) is 6.93. The molecule has 0 radical (unpaired) electrons. The van der Waals surface area contributed by atoms with Gasteiger partial charge in [-0.25, -0.2) is 9.97 Å². The first kappa shape index (κ1) is 24.2. The average molecular weight is 516 g/mol. The van der Waals surface area contributed by atoms with Crippen LogP contribution >= 0.6 is 11.6 Å². The minimum Gasteiger partial charge on any atom is -0.392 e. The first-order valence-electron chi connectivity index (χ1n) is 11.4. The predicted octanol–water partition coefficient (Wildman–Crippen LogP) is 4.68. The largest absolute Gasteiger partial charge is 0.392 e. The van der Waals surface area contributed by atoms with Crippen LogP contribution in [0.1, 0.15) is 17.4 Å². The molecule has 186 valence electrons.